The second-order valence-corrected chi connectivity index (χ2v) is 6.24. The number of carbonyl (C=O) groups is 2. The molecular formula is C20H16F4N2O3. The van der Waals surface area contributed by atoms with E-state index in [1.165, 1.54) is 13.0 Å². The van der Waals surface area contributed by atoms with Gasteiger partial charge in [0.2, 0.25) is 0 Å². The number of rotatable bonds is 4. The van der Waals surface area contributed by atoms with E-state index in [1.54, 1.807) is 30.3 Å². The first-order chi connectivity index (χ1) is 13.7. The van der Waals surface area contributed by atoms with Gasteiger partial charge in [0.05, 0.1) is 11.4 Å². The van der Waals surface area contributed by atoms with Crippen LogP contribution in [0, 0.1) is 5.82 Å². The normalized spacial score (nSPS) is 16.7. The van der Waals surface area contributed by atoms with Crippen LogP contribution in [-0.4, -0.2) is 36.5 Å². The number of esters is 1. The minimum Gasteiger partial charge on any atom is -0.430 e. The molecule has 9 heteroatoms. The summed E-state index contributed by atoms with van der Waals surface area (Å²) in [5, 5.41) is 0. The molecule has 1 aliphatic heterocycles. The van der Waals surface area contributed by atoms with Crippen LogP contribution in [-0.2, 0) is 14.3 Å². The molecule has 1 amide bonds. The zero-order valence-corrected chi connectivity index (χ0v) is 15.2. The molecule has 0 saturated heterocycles. The number of aliphatic imine (C=N–C) groups is 1. The van der Waals surface area contributed by atoms with Crippen LogP contribution in [0.5, 0.6) is 0 Å². The van der Waals surface area contributed by atoms with Crippen molar-refractivity contribution in [1.29, 1.82) is 0 Å². The van der Waals surface area contributed by atoms with Crippen molar-refractivity contribution < 1.29 is 31.9 Å². The molecule has 1 aliphatic rings. The van der Waals surface area contributed by atoms with E-state index in [9.17, 15) is 27.2 Å². The Hall–Kier alpha value is -3.23. The molecule has 0 radical (unpaired) electrons. The lowest BCUT2D eigenvalue weighted by molar-refractivity contribution is -0.155. The van der Waals surface area contributed by atoms with E-state index in [0.29, 0.717) is 10.5 Å². The molecule has 1 unspecified atom stereocenters. The number of benzene rings is 2. The average Bonchev–Trinajstić information content (AvgIpc) is 2.78. The molecule has 2 aromatic rings. The molecule has 0 saturated carbocycles. The number of halogens is 4. The van der Waals surface area contributed by atoms with Crippen LogP contribution < -0.4 is 4.90 Å². The lowest BCUT2D eigenvalue weighted by Crippen LogP contribution is -2.45. The van der Waals surface area contributed by atoms with E-state index in [0.717, 1.165) is 12.1 Å². The number of ether oxygens (including phenoxy) is 1. The maximum atomic E-state index is 13.9. The molecule has 1 atom stereocenters. The Bertz CT molecular complexity index is 958. The van der Waals surface area contributed by atoms with E-state index in [4.69, 9.17) is 4.74 Å². The Morgan fingerprint density at radius 2 is 1.86 bits per heavy atom. The molecule has 1 heterocycles. The fraction of sp³-hybridized carbons (Fsp3) is 0.250. The summed E-state index contributed by atoms with van der Waals surface area (Å²) < 4.78 is 58.5. The first kappa shape index (κ1) is 20.5. The van der Waals surface area contributed by atoms with E-state index >= 15 is 0 Å². The molecule has 2 aromatic carbocycles. The van der Waals surface area contributed by atoms with Crippen LogP contribution in [0.2, 0.25) is 0 Å². The third-order valence-electron chi connectivity index (χ3n) is 4.15. The molecule has 29 heavy (non-hydrogen) atoms. The van der Waals surface area contributed by atoms with Gasteiger partial charge in [-0.3, -0.25) is 14.5 Å². The lowest BCUT2D eigenvalue weighted by Gasteiger charge is -2.26. The van der Waals surface area contributed by atoms with E-state index in [-0.39, 0.29) is 23.4 Å². The fourth-order valence-electron chi connectivity index (χ4n) is 2.88. The number of carbonyl (C=O) groups excluding carboxylic acids is 2. The van der Waals surface area contributed by atoms with Crippen LogP contribution in [0.1, 0.15) is 24.5 Å². The number of benzodiazepines with no additional fused rings is 1. The van der Waals surface area contributed by atoms with Crippen molar-refractivity contribution in [3.8, 4) is 0 Å². The standard InChI is InChI=1S/C20H16F4N2O3/c1-2-16(27)29-18-19(28)26(11-20(22,23)24)15-10-13(21)8-9-14(15)17(25-18)12-6-4-3-5-7-12/h3-10,18H,2,11H2,1H3. The molecule has 0 bridgehead atoms. The zero-order chi connectivity index (χ0) is 21.2. The predicted octanol–water partition coefficient (Wildman–Crippen LogP) is 3.85. The highest BCUT2D eigenvalue weighted by Gasteiger charge is 2.40. The summed E-state index contributed by atoms with van der Waals surface area (Å²) in [5.74, 6) is -2.83. The molecular weight excluding hydrogens is 392 g/mol. The third kappa shape index (κ3) is 4.61. The summed E-state index contributed by atoms with van der Waals surface area (Å²) >= 11 is 0. The Balaban J connectivity index is 2.22. The molecule has 0 fully saturated rings. The summed E-state index contributed by atoms with van der Waals surface area (Å²) in [6.07, 6.45) is -6.69. The molecule has 0 aliphatic carbocycles. The highest BCUT2D eigenvalue weighted by Crippen LogP contribution is 2.32. The van der Waals surface area contributed by atoms with Crippen LogP contribution in [0.3, 0.4) is 0 Å². The van der Waals surface area contributed by atoms with Gasteiger partial charge in [0.15, 0.2) is 0 Å². The predicted molar refractivity (Wildman–Crippen MR) is 97.1 cm³/mol. The van der Waals surface area contributed by atoms with Gasteiger partial charge in [-0.2, -0.15) is 13.2 Å². The van der Waals surface area contributed by atoms with Crippen molar-refractivity contribution in [3.05, 3.63) is 65.5 Å². The first-order valence-electron chi connectivity index (χ1n) is 8.70. The SMILES string of the molecule is CCC(=O)OC1N=C(c2ccccc2)c2ccc(F)cc2N(CC(F)(F)F)C1=O. The van der Waals surface area contributed by atoms with Gasteiger partial charge in [0.1, 0.15) is 12.4 Å². The Labute approximate surface area is 163 Å². The Morgan fingerprint density at radius 3 is 2.48 bits per heavy atom. The number of hydrogen-bond donors (Lipinski definition) is 0. The molecule has 3 rings (SSSR count). The average molecular weight is 408 g/mol. The molecule has 0 aromatic heterocycles. The van der Waals surface area contributed by atoms with Gasteiger partial charge >= 0.3 is 12.1 Å². The van der Waals surface area contributed by atoms with Crippen LogP contribution in [0.4, 0.5) is 23.2 Å². The monoisotopic (exact) mass is 408 g/mol. The van der Waals surface area contributed by atoms with Crippen LogP contribution in [0.25, 0.3) is 0 Å². The lowest BCUT2D eigenvalue weighted by atomic mass is 10.00. The van der Waals surface area contributed by atoms with Gasteiger partial charge < -0.3 is 4.74 Å². The number of alkyl halides is 3. The van der Waals surface area contributed by atoms with E-state index in [2.05, 4.69) is 4.99 Å². The maximum absolute atomic E-state index is 13.9. The molecule has 0 N–H and O–H groups in total. The Morgan fingerprint density at radius 1 is 1.17 bits per heavy atom. The fourth-order valence-corrected chi connectivity index (χ4v) is 2.88. The Kier molecular flexibility index (Phi) is 5.67. The first-order valence-corrected chi connectivity index (χ1v) is 8.70. The molecule has 0 spiro atoms. The summed E-state index contributed by atoms with van der Waals surface area (Å²) in [6, 6.07) is 11.5. The van der Waals surface area contributed by atoms with Crippen LogP contribution in [0.15, 0.2) is 53.5 Å². The number of fused-ring (bicyclic) bond motifs is 1. The number of anilines is 1. The van der Waals surface area contributed by atoms with Gasteiger partial charge in [0, 0.05) is 17.5 Å². The minimum atomic E-state index is -4.77. The van der Waals surface area contributed by atoms with E-state index < -0.39 is 36.6 Å². The highest BCUT2D eigenvalue weighted by atomic mass is 19.4. The van der Waals surface area contributed by atoms with Crippen molar-refractivity contribution in [2.24, 2.45) is 4.99 Å². The largest absolute Gasteiger partial charge is 0.430 e. The quantitative estimate of drug-likeness (QED) is 0.570. The van der Waals surface area contributed by atoms with Crippen molar-refractivity contribution in [2.45, 2.75) is 25.7 Å². The molecule has 5 nitrogen and oxygen atoms in total. The topological polar surface area (TPSA) is 59.0 Å². The third-order valence-corrected chi connectivity index (χ3v) is 4.15. The van der Waals surface area contributed by atoms with Crippen LogP contribution >= 0.6 is 0 Å². The summed E-state index contributed by atoms with van der Waals surface area (Å²) in [5.41, 5.74) is 0.405. The van der Waals surface area contributed by atoms with Gasteiger partial charge in [-0.15, -0.1) is 0 Å². The minimum absolute atomic E-state index is 0.0964. The second-order valence-electron chi connectivity index (χ2n) is 6.24. The van der Waals surface area contributed by atoms with Crippen molar-refractivity contribution in [3.63, 3.8) is 0 Å². The molecule has 152 valence electrons. The summed E-state index contributed by atoms with van der Waals surface area (Å²) in [7, 11) is 0. The van der Waals surface area contributed by atoms with Crippen molar-refractivity contribution in [1.82, 2.24) is 0 Å². The van der Waals surface area contributed by atoms with Gasteiger partial charge in [-0.1, -0.05) is 37.3 Å². The highest BCUT2D eigenvalue weighted by molar-refractivity contribution is 6.20. The number of hydrogen-bond acceptors (Lipinski definition) is 4. The maximum Gasteiger partial charge on any atom is 0.406 e. The second kappa shape index (κ2) is 8.02. The number of nitrogens with zero attached hydrogens (tertiary/aromatic N) is 2. The zero-order valence-electron chi connectivity index (χ0n) is 15.2. The summed E-state index contributed by atoms with van der Waals surface area (Å²) in [4.78, 5) is 29.1. The van der Waals surface area contributed by atoms with Crippen molar-refractivity contribution >= 4 is 23.3 Å². The smallest absolute Gasteiger partial charge is 0.406 e. The van der Waals surface area contributed by atoms with Gasteiger partial charge in [0.25, 0.3) is 12.1 Å². The summed E-state index contributed by atoms with van der Waals surface area (Å²) in [6.45, 7) is -0.205. The van der Waals surface area contributed by atoms with Gasteiger partial charge in [-0.05, 0) is 18.2 Å². The number of amides is 1. The van der Waals surface area contributed by atoms with Crippen molar-refractivity contribution in [2.75, 3.05) is 11.4 Å². The van der Waals surface area contributed by atoms with E-state index in [1.807, 2.05) is 0 Å². The van der Waals surface area contributed by atoms with Gasteiger partial charge in [-0.25, -0.2) is 9.38 Å².